The Balaban J connectivity index is 1.90. The van der Waals surface area contributed by atoms with E-state index in [-0.39, 0.29) is 30.2 Å². The third-order valence-corrected chi connectivity index (χ3v) is 3.63. The van der Waals surface area contributed by atoms with Gasteiger partial charge in [-0.2, -0.15) is 0 Å². The summed E-state index contributed by atoms with van der Waals surface area (Å²) in [5, 5.41) is 0. The summed E-state index contributed by atoms with van der Waals surface area (Å²) >= 11 is 0. The van der Waals surface area contributed by atoms with Gasteiger partial charge >= 0.3 is 5.97 Å². The largest absolute Gasteiger partial charge is 0.458 e. The smallest absolute Gasteiger partial charge is 0.334 e. The predicted octanol–water partition coefficient (Wildman–Crippen LogP) is 1.40. The number of carbonyl (C=O) groups excluding carboxylic acids is 1. The fourth-order valence-electron chi connectivity index (χ4n) is 3.01. The van der Waals surface area contributed by atoms with Gasteiger partial charge in [-0.05, 0) is 26.7 Å². The molecule has 0 aromatic rings. The second-order valence-electron chi connectivity index (χ2n) is 5.21. The van der Waals surface area contributed by atoms with Crippen molar-refractivity contribution in [2.24, 2.45) is 5.92 Å². The van der Waals surface area contributed by atoms with Crippen molar-refractivity contribution in [2.45, 2.75) is 50.8 Å². The number of fused-ring (bicyclic) bond motifs is 3. The highest BCUT2D eigenvalue weighted by atomic mass is 16.8. The van der Waals surface area contributed by atoms with Crippen LogP contribution in [0.5, 0.6) is 0 Å². The van der Waals surface area contributed by atoms with Crippen LogP contribution in [0.25, 0.3) is 0 Å². The van der Waals surface area contributed by atoms with Crippen molar-refractivity contribution in [3.05, 3.63) is 12.2 Å². The average Bonchev–Trinajstić information content (AvgIpc) is 2.63. The summed E-state index contributed by atoms with van der Waals surface area (Å²) in [5.41, 5.74) is 0.543. The van der Waals surface area contributed by atoms with Gasteiger partial charge in [-0.3, -0.25) is 0 Å². The number of carbonyl (C=O) groups is 1. The number of hydrogen-bond acceptors (Lipinski definition) is 4. The van der Waals surface area contributed by atoms with Crippen LogP contribution in [0, 0.1) is 5.92 Å². The first kappa shape index (κ1) is 10.3. The Morgan fingerprint density at radius 3 is 2.69 bits per heavy atom. The first-order valence-electron chi connectivity index (χ1n) is 5.73. The van der Waals surface area contributed by atoms with Crippen molar-refractivity contribution < 1.29 is 19.0 Å². The third kappa shape index (κ3) is 1.33. The highest BCUT2D eigenvalue weighted by molar-refractivity contribution is 5.91. The topological polar surface area (TPSA) is 44.8 Å². The molecule has 1 aliphatic carbocycles. The van der Waals surface area contributed by atoms with Crippen LogP contribution in [-0.2, 0) is 19.0 Å². The molecule has 16 heavy (non-hydrogen) atoms. The first-order chi connectivity index (χ1) is 7.48. The molecule has 3 fully saturated rings. The van der Waals surface area contributed by atoms with Gasteiger partial charge in [0, 0.05) is 5.57 Å². The van der Waals surface area contributed by atoms with E-state index in [9.17, 15) is 4.79 Å². The fraction of sp³-hybridized carbons (Fsp3) is 0.750. The van der Waals surface area contributed by atoms with Gasteiger partial charge in [0.05, 0.1) is 18.1 Å². The summed E-state index contributed by atoms with van der Waals surface area (Å²) in [6.45, 7) is 7.62. The molecule has 1 saturated carbocycles. The van der Waals surface area contributed by atoms with E-state index in [4.69, 9.17) is 14.2 Å². The molecule has 2 heterocycles. The molecule has 3 aliphatic rings. The quantitative estimate of drug-likeness (QED) is 0.461. The van der Waals surface area contributed by atoms with E-state index in [1.807, 2.05) is 13.8 Å². The van der Waals surface area contributed by atoms with E-state index in [1.165, 1.54) is 0 Å². The predicted molar refractivity (Wildman–Crippen MR) is 55.6 cm³/mol. The van der Waals surface area contributed by atoms with Crippen molar-refractivity contribution >= 4 is 5.97 Å². The van der Waals surface area contributed by atoms with Crippen LogP contribution in [0.3, 0.4) is 0 Å². The van der Waals surface area contributed by atoms with Crippen LogP contribution in [0.2, 0.25) is 0 Å². The summed E-state index contributed by atoms with van der Waals surface area (Å²) < 4.78 is 17.0. The van der Waals surface area contributed by atoms with Gasteiger partial charge in [0.2, 0.25) is 0 Å². The number of esters is 1. The lowest BCUT2D eigenvalue weighted by atomic mass is 9.80. The molecule has 2 saturated heterocycles. The summed E-state index contributed by atoms with van der Waals surface area (Å²) in [4.78, 5) is 11.5. The lowest BCUT2D eigenvalue weighted by Gasteiger charge is -2.31. The maximum atomic E-state index is 11.5. The van der Waals surface area contributed by atoms with Crippen LogP contribution in [0.4, 0.5) is 0 Å². The van der Waals surface area contributed by atoms with Crippen LogP contribution in [0.15, 0.2) is 12.2 Å². The number of hydrogen-bond donors (Lipinski definition) is 0. The Morgan fingerprint density at radius 1 is 1.25 bits per heavy atom. The highest BCUT2D eigenvalue weighted by Crippen LogP contribution is 2.46. The standard InChI is InChI=1S/C12H16O4/c1-6-9-7(14-11(6)13)4-5-8-10(9)16-12(2,3)15-8/h7-10H,1,4-5H2,2-3H3. The molecule has 2 aliphatic heterocycles. The van der Waals surface area contributed by atoms with Crippen LogP contribution >= 0.6 is 0 Å². The van der Waals surface area contributed by atoms with Gasteiger partial charge < -0.3 is 14.2 Å². The monoisotopic (exact) mass is 224 g/mol. The molecule has 4 nitrogen and oxygen atoms in total. The van der Waals surface area contributed by atoms with Gasteiger partial charge in [-0.25, -0.2) is 4.79 Å². The maximum Gasteiger partial charge on any atom is 0.334 e. The lowest BCUT2D eigenvalue weighted by Crippen LogP contribution is -2.41. The minimum Gasteiger partial charge on any atom is -0.458 e. The van der Waals surface area contributed by atoms with Crippen molar-refractivity contribution in [1.29, 1.82) is 0 Å². The maximum absolute atomic E-state index is 11.5. The summed E-state index contributed by atoms with van der Waals surface area (Å²) in [5.74, 6) is -0.854. The van der Waals surface area contributed by atoms with Crippen LogP contribution in [0.1, 0.15) is 26.7 Å². The van der Waals surface area contributed by atoms with E-state index in [2.05, 4.69) is 6.58 Å². The van der Waals surface area contributed by atoms with Crippen molar-refractivity contribution in [1.82, 2.24) is 0 Å². The van der Waals surface area contributed by atoms with E-state index in [0.29, 0.717) is 5.57 Å². The Hall–Kier alpha value is -0.870. The molecule has 0 amide bonds. The molecular weight excluding hydrogens is 208 g/mol. The molecule has 88 valence electrons. The molecule has 0 aromatic carbocycles. The molecule has 0 aromatic heterocycles. The molecule has 4 atom stereocenters. The second kappa shape index (κ2) is 3.08. The Kier molecular flexibility index (Phi) is 1.98. The molecule has 3 rings (SSSR count). The SMILES string of the molecule is C=C1C(=O)OC2CCC3OC(C)(C)OC3C12. The molecular formula is C12H16O4. The van der Waals surface area contributed by atoms with Gasteiger partial charge in [0.25, 0.3) is 0 Å². The molecule has 4 heteroatoms. The van der Waals surface area contributed by atoms with Crippen molar-refractivity contribution in [3.63, 3.8) is 0 Å². The molecule has 0 radical (unpaired) electrons. The zero-order valence-electron chi connectivity index (χ0n) is 9.56. The molecule has 4 unspecified atom stereocenters. The van der Waals surface area contributed by atoms with Crippen molar-refractivity contribution in [3.8, 4) is 0 Å². The fourth-order valence-corrected chi connectivity index (χ4v) is 3.01. The Bertz CT molecular complexity index is 360. The van der Waals surface area contributed by atoms with Crippen LogP contribution in [-0.4, -0.2) is 30.1 Å². The Labute approximate surface area is 94.5 Å². The van der Waals surface area contributed by atoms with Crippen molar-refractivity contribution in [2.75, 3.05) is 0 Å². The van der Waals surface area contributed by atoms with E-state index < -0.39 is 5.79 Å². The lowest BCUT2D eigenvalue weighted by molar-refractivity contribution is -0.148. The molecule has 0 spiro atoms. The van der Waals surface area contributed by atoms with Gasteiger partial charge in [0.15, 0.2) is 5.79 Å². The average molecular weight is 224 g/mol. The number of rotatable bonds is 0. The number of ether oxygens (including phenoxy) is 3. The third-order valence-electron chi connectivity index (χ3n) is 3.63. The van der Waals surface area contributed by atoms with Crippen LogP contribution < -0.4 is 0 Å². The minimum atomic E-state index is -0.559. The summed E-state index contributed by atoms with van der Waals surface area (Å²) in [6.07, 6.45) is 1.67. The zero-order valence-corrected chi connectivity index (χ0v) is 9.56. The van der Waals surface area contributed by atoms with E-state index in [0.717, 1.165) is 12.8 Å². The van der Waals surface area contributed by atoms with E-state index >= 15 is 0 Å². The normalized spacial score (nSPS) is 45.1. The highest BCUT2D eigenvalue weighted by Gasteiger charge is 2.55. The van der Waals surface area contributed by atoms with E-state index in [1.54, 1.807) is 0 Å². The second-order valence-corrected chi connectivity index (χ2v) is 5.21. The summed E-state index contributed by atoms with van der Waals surface area (Å²) in [6, 6.07) is 0. The van der Waals surface area contributed by atoms with Gasteiger partial charge in [-0.1, -0.05) is 6.58 Å². The first-order valence-corrected chi connectivity index (χ1v) is 5.73. The molecule has 0 N–H and O–H groups in total. The van der Waals surface area contributed by atoms with Gasteiger partial charge in [-0.15, -0.1) is 0 Å². The van der Waals surface area contributed by atoms with Gasteiger partial charge in [0.1, 0.15) is 6.10 Å². The Morgan fingerprint density at radius 2 is 1.94 bits per heavy atom. The summed E-state index contributed by atoms with van der Waals surface area (Å²) in [7, 11) is 0. The minimum absolute atomic E-state index is 0.0203. The molecule has 0 bridgehead atoms. The zero-order chi connectivity index (χ0) is 11.5.